The molecule has 0 aliphatic carbocycles. The molecular formula is C78H152ClN3O20. The standard InChI is InChI=1S/C42H79NO7.C16H32O2.C10H19NO5.C5H11NO2.C5H10O4.ClH/c1-7-11-15-19-21-25-29-35(27-23-17-13-9-3)41(45)49-38-34-47-37(33-48-39(44)31-32-43(5)6)40(38)50-42(46)36(28-24-18-14-10-4)30-26-22-20-16-12-8-2;1-3-5-7-9-10-12-14-15(16(17)18)13-11-8-6-4-2;1-11(2)4-3-9(13)16-6-8-10(14)7(12)5-15-8;1-6(2)4-3-5(7)8;6-1-4-5(8)3(7)2-9-4;/h35-38,40H,7-34H2,1-6H3;15H,3-14H2,1-2H3,(H,17,18);7-8,10,12,14H,3-6H2,1-2H3;3-4H2,1-2H3,(H,7,8);3-8H,1-2H2;1H/t35?,36?,37-,38+,40+;;7-,8+,10+;;3-,4+,5+;/m1.0.0./s1. The van der Waals surface area contributed by atoms with Crippen LogP contribution < -0.4 is 0 Å². The van der Waals surface area contributed by atoms with Crippen molar-refractivity contribution < 1.29 is 97.7 Å². The van der Waals surface area contributed by atoms with Crippen LogP contribution in [0.15, 0.2) is 0 Å². The second kappa shape index (κ2) is 69.4. The number of halogens is 1. The van der Waals surface area contributed by atoms with E-state index in [9.17, 15) is 44.1 Å². The SMILES string of the molecule is CCCCCCCCC(CCCCCC)C(=O)O.CCCCCCCCC(CCCCCC)C(=O)O[C@@H]1[C@@H](OC(=O)C(CCCCCC)CCCCCCCC)CO[C@@H]1COC(=O)CCN(C)C.CN(C)CCC(=O)O.CN(C)CCC(=O)OC[C@H]1OC[C@H](O)[C@H]1O.Cl.OC[C@H]1OC[C@H](O)[C@H]1O. The van der Waals surface area contributed by atoms with Crippen molar-refractivity contribution in [1.29, 1.82) is 0 Å². The molecule has 3 unspecified atom stereocenters. The summed E-state index contributed by atoms with van der Waals surface area (Å²) in [6.45, 7) is 15.1. The number of unbranched alkanes of at least 4 members (excludes halogenated alkanes) is 24. The highest BCUT2D eigenvalue weighted by atomic mass is 35.5. The minimum Gasteiger partial charge on any atom is -0.481 e. The van der Waals surface area contributed by atoms with Gasteiger partial charge in [0.2, 0.25) is 0 Å². The smallest absolute Gasteiger partial charge is 0.309 e. The lowest BCUT2D eigenvalue weighted by Crippen LogP contribution is -2.42. The van der Waals surface area contributed by atoms with E-state index >= 15 is 0 Å². The molecule has 0 amide bonds. The summed E-state index contributed by atoms with van der Waals surface area (Å²) in [7, 11) is 11.3. The minimum absolute atomic E-state index is 0. The molecule has 102 heavy (non-hydrogen) atoms. The maximum atomic E-state index is 13.9. The zero-order valence-electron chi connectivity index (χ0n) is 66.1. The van der Waals surface area contributed by atoms with Crippen molar-refractivity contribution in [2.24, 2.45) is 17.8 Å². The van der Waals surface area contributed by atoms with Crippen molar-refractivity contribution in [3.05, 3.63) is 0 Å². The molecule has 3 aliphatic rings. The molecule has 24 heteroatoms. The summed E-state index contributed by atoms with van der Waals surface area (Å²) in [5.74, 6) is -2.88. The average molecular weight is 1490 g/mol. The lowest BCUT2D eigenvalue weighted by molar-refractivity contribution is -0.173. The molecule has 0 bridgehead atoms. The number of hydrogen-bond acceptors (Lipinski definition) is 21. The maximum absolute atomic E-state index is 13.9. The largest absolute Gasteiger partial charge is 0.481 e. The van der Waals surface area contributed by atoms with Crippen molar-refractivity contribution in [1.82, 2.24) is 14.7 Å². The number of carboxylic acids is 2. The summed E-state index contributed by atoms with van der Waals surface area (Å²) in [6.07, 6.45) is 33.9. The second-order valence-corrected chi connectivity index (χ2v) is 28.9. The number of hydrogen-bond donors (Lipinski definition) is 7. The van der Waals surface area contributed by atoms with Gasteiger partial charge in [0.25, 0.3) is 0 Å². The van der Waals surface area contributed by atoms with Gasteiger partial charge in [-0.15, -0.1) is 12.4 Å². The van der Waals surface area contributed by atoms with E-state index in [0.29, 0.717) is 26.1 Å². The van der Waals surface area contributed by atoms with Crippen molar-refractivity contribution in [2.45, 2.75) is 347 Å². The quantitative estimate of drug-likeness (QED) is 0.0169. The number of nitrogens with zero attached hydrogens (tertiary/aromatic N) is 3. The number of aliphatic hydroxyl groups is 5. The fraction of sp³-hybridized carbons (Fsp3) is 0.923. The zero-order valence-corrected chi connectivity index (χ0v) is 66.9. The first-order valence-corrected chi connectivity index (χ1v) is 39.7. The van der Waals surface area contributed by atoms with E-state index in [4.69, 9.17) is 53.6 Å². The van der Waals surface area contributed by atoms with E-state index in [1.54, 1.807) is 0 Å². The van der Waals surface area contributed by atoms with Crippen LogP contribution in [-0.4, -0.2) is 243 Å². The molecule has 7 N–H and O–H groups in total. The number of carbonyl (C=O) groups excluding carboxylic acids is 4. The van der Waals surface area contributed by atoms with Crippen molar-refractivity contribution >= 4 is 48.2 Å². The monoisotopic (exact) mass is 1490 g/mol. The Morgan fingerprint density at radius 2 is 0.686 bits per heavy atom. The van der Waals surface area contributed by atoms with Gasteiger partial charge in [-0.05, 0) is 80.8 Å². The lowest BCUT2D eigenvalue weighted by Gasteiger charge is -2.27. The number of ether oxygens (including phenoxy) is 7. The molecule has 3 rings (SSSR count). The summed E-state index contributed by atoms with van der Waals surface area (Å²) >= 11 is 0. The van der Waals surface area contributed by atoms with Gasteiger partial charge < -0.3 is 83.6 Å². The van der Waals surface area contributed by atoms with Gasteiger partial charge >= 0.3 is 35.8 Å². The zero-order chi connectivity index (χ0) is 76.0. The molecule has 3 aliphatic heterocycles. The third kappa shape index (κ3) is 56.9. The highest BCUT2D eigenvalue weighted by Crippen LogP contribution is 2.30. The summed E-state index contributed by atoms with van der Waals surface area (Å²) < 4.78 is 38.9. The Morgan fingerprint density at radius 1 is 0.392 bits per heavy atom. The molecule has 0 aromatic heterocycles. The fourth-order valence-electron chi connectivity index (χ4n) is 11.7. The van der Waals surface area contributed by atoms with Crippen LogP contribution in [0.25, 0.3) is 0 Å². The van der Waals surface area contributed by atoms with Crippen LogP contribution in [0.3, 0.4) is 0 Å². The Morgan fingerprint density at radius 3 is 0.980 bits per heavy atom. The highest BCUT2D eigenvalue weighted by molar-refractivity contribution is 5.85. The van der Waals surface area contributed by atoms with Gasteiger partial charge in [0.05, 0.1) is 63.4 Å². The van der Waals surface area contributed by atoms with Crippen LogP contribution in [0.2, 0.25) is 0 Å². The van der Waals surface area contributed by atoms with E-state index in [1.807, 2.05) is 57.0 Å². The molecule has 23 nitrogen and oxygen atoms in total. The van der Waals surface area contributed by atoms with Crippen molar-refractivity contribution in [3.8, 4) is 0 Å². The van der Waals surface area contributed by atoms with E-state index in [-0.39, 0.29) is 107 Å². The Kier molecular flexibility index (Phi) is 70.0. The Labute approximate surface area is 624 Å². The molecule has 3 heterocycles. The second-order valence-electron chi connectivity index (χ2n) is 28.9. The summed E-state index contributed by atoms with van der Waals surface area (Å²) in [5, 5.41) is 62.1. The first-order chi connectivity index (χ1) is 48.4. The summed E-state index contributed by atoms with van der Waals surface area (Å²) in [6, 6.07) is 0. The van der Waals surface area contributed by atoms with Gasteiger partial charge in [-0.3, -0.25) is 28.8 Å². The van der Waals surface area contributed by atoms with Gasteiger partial charge in [0, 0.05) is 19.6 Å². The van der Waals surface area contributed by atoms with E-state index < -0.39 is 66.9 Å². The van der Waals surface area contributed by atoms with Gasteiger partial charge in [-0.2, -0.15) is 0 Å². The maximum Gasteiger partial charge on any atom is 0.309 e. The highest BCUT2D eigenvalue weighted by Gasteiger charge is 2.45. The molecule has 12 atom stereocenters. The number of esters is 4. The van der Waals surface area contributed by atoms with E-state index in [2.05, 4.69) is 41.5 Å². The molecule has 0 spiro atoms. The van der Waals surface area contributed by atoms with Crippen LogP contribution >= 0.6 is 12.4 Å². The number of aliphatic hydroxyl groups excluding tert-OH is 5. The number of aliphatic carboxylic acids is 2. The topological polar surface area (TPSA) is 318 Å². The molecule has 3 fully saturated rings. The first kappa shape index (κ1) is 103. The lowest BCUT2D eigenvalue weighted by atomic mass is 9.94. The Balaban J connectivity index is -0.00000151. The normalized spacial score (nSPS) is 20.6. The van der Waals surface area contributed by atoms with Crippen molar-refractivity contribution in [2.75, 3.05) is 102 Å². The molecule has 606 valence electrons. The molecule has 0 aromatic carbocycles. The van der Waals surface area contributed by atoms with E-state index in [0.717, 1.165) is 122 Å². The number of carbonyl (C=O) groups is 6. The number of carboxylic acid groups (broad SMARTS) is 2. The third-order valence-corrected chi connectivity index (χ3v) is 18.5. The summed E-state index contributed by atoms with van der Waals surface area (Å²) in [4.78, 5) is 78.0. The predicted molar refractivity (Wildman–Crippen MR) is 405 cm³/mol. The van der Waals surface area contributed by atoms with Gasteiger partial charge in [-0.1, -0.05) is 234 Å². The van der Waals surface area contributed by atoms with Crippen LogP contribution in [-0.2, 0) is 61.9 Å². The summed E-state index contributed by atoms with van der Waals surface area (Å²) in [5.41, 5.74) is 0. The van der Waals surface area contributed by atoms with Crippen LogP contribution in [0.5, 0.6) is 0 Å². The fourth-order valence-corrected chi connectivity index (χ4v) is 11.7. The van der Waals surface area contributed by atoms with Gasteiger partial charge in [0.15, 0.2) is 12.2 Å². The minimum atomic E-state index is -0.971. The van der Waals surface area contributed by atoms with Crippen LogP contribution in [0.1, 0.15) is 292 Å². The average Bonchev–Trinajstić information content (AvgIpc) is 1.75. The molecule has 3 saturated heterocycles. The van der Waals surface area contributed by atoms with E-state index in [1.165, 1.54) is 109 Å². The van der Waals surface area contributed by atoms with Gasteiger partial charge in [-0.25, -0.2) is 0 Å². The van der Waals surface area contributed by atoms with Gasteiger partial charge in [0.1, 0.15) is 55.9 Å². The van der Waals surface area contributed by atoms with Crippen molar-refractivity contribution in [3.63, 3.8) is 0 Å². The molecule has 0 aromatic rings. The Bertz CT molecular complexity index is 2000. The third-order valence-electron chi connectivity index (χ3n) is 18.5. The number of rotatable bonds is 55. The molecular weight excluding hydrogens is 1330 g/mol. The Hall–Kier alpha value is -3.33. The van der Waals surface area contributed by atoms with Crippen LogP contribution in [0.4, 0.5) is 0 Å². The predicted octanol–water partition coefficient (Wildman–Crippen LogP) is 12.9. The van der Waals surface area contributed by atoms with Crippen LogP contribution in [0, 0.1) is 17.8 Å². The molecule has 0 radical (unpaired) electrons. The molecule has 0 saturated carbocycles. The first-order valence-electron chi connectivity index (χ1n) is 39.7.